The van der Waals surface area contributed by atoms with E-state index < -0.39 is 6.64 Å². The third-order valence-electron chi connectivity index (χ3n) is 5.68. The van der Waals surface area contributed by atoms with E-state index in [2.05, 4.69) is 90.0 Å². The molecule has 2 aliphatic heterocycles. The quantitative estimate of drug-likeness (QED) is 0.389. The Balaban J connectivity index is 2.32. The molecule has 0 fully saturated rings. The van der Waals surface area contributed by atoms with Crippen molar-refractivity contribution in [3.05, 3.63) is 21.2 Å². The summed E-state index contributed by atoms with van der Waals surface area (Å²) in [6.45, 7) is 32.1. The van der Waals surface area contributed by atoms with E-state index in [1.807, 2.05) is 21.2 Å². The van der Waals surface area contributed by atoms with Gasteiger partial charge in [-0.2, -0.15) is 0 Å². The highest BCUT2D eigenvalue weighted by Gasteiger charge is 2.79. The lowest BCUT2D eigenvalue weighted by molar-refractivity contribution is 0.481. The standard InChI is InChI=1S/C22H41P4/c1-14-26-18(22(11,12)13)17(21(8,9)10)25(26)23-15(19(2,3)4)16(24(23)26)20(5,6)7/h14H2,1-13H3/q+1. The lowest BCUT2D eigenvalue weighted by atomic mass is 9.86. The predicted molar refractivity (Wildman–Crippen MR) is 130 cm³/mol. The molecule has 4 unspecified atom stereocenters. The summed E-state index contributed by atoms with van der Waals surface area (Å²) in [5.41, 5.74) is 1.49. The first kappa shape index (κ1) is 21.6. The van der Waals surface area contributed by atoms with E-state index >= 15 is 0 Å². The molecule has 26 heavy (non-hydrogen) atoms. The molecule has 4 heteroatoms. The Hall–Kier alpha value is 0.940. The molecule has 0 N–H and O–H groups in total. The molecule has 0 radical (unpaired) electrons. The smallest absolute Gasteiger partial charge is 0.0557 e. The third-order valence-corrected chi connectivity index (χ3v) is 47.0. The zero-order valence-corrected chi connectivity index (χ0v) is 23.1. The molecule has 0 bridgehead atoms. The van der Waals surface area contributed by atoms with Gasteiger partial charge in [0.1, 0.15) is 6.64 Å². The van der Waals surface area contributed by atoms with Gasteiger partial charge < -0.3 is 0 Å². The summed E-state index contributed by atoms with van der Waals surface area (Å²) in [5, 5.41) is 7.89. The molecular weight excluding hydrogens is 388 g/mol. The fourth-order valence-corrected chi connectivity index (χ4v) is 63.5. The van der Waals surface area contributed by atoms with Crippen LogP contribution < -0.4 is 0 Å². The van der Waals surface area contributed by atoms with Crippen LogP contribution in [0.5, 0.6) is 0 Å². The Kier molecular flexibility index (Phi) is 4.79. The number of rotatable bonds is 1. The second-order valence-electron chi connectivity index (χ2n) is 12.3. The van der Waals surface area contributed by atoms with E-state index in [1.54, 1.807) is 0 Å². The van der Waals surface area contributed by atoms with E-state index in [4.69, 9.17) is 0 Å². The van der Waals surface area contributed by atoms with Crippen molar-refractivity contribution in [2.24, 2.45) is 10.8 Å². The van der Waals surface area contributed by atoms with Gasteiger partial charge in [0.25, 0.3) is 0 Å². The number of fused-ring (bicyclic) bond motifs is 4. The van der Waals surface area contributed by atoms with E-state index in [0.717, 1.165) is 0 Å². The van der Waals surface area contributed by atoms with Gasteiger partial charge in [-0.25, -0.2) is 0 Å². The lowest BCUT2D eigenvalue weighted by Gasteiger charge is -2.63. The van der Waals surface area contributed by atoms with Crippen LogP contribution in [0.25, 0.3) is 0 Å². The molecule has 0 aromatic carbocycles. The highest BCUT2D eigenvalue weighted by molar-refractivity contribution is 9.07. The minimum atomic E-state index is -0.858. The molecule has 1 aromatic heterocycles. The van der Waals surface area contributed by atoms with Crippen molar-refractivity contribution in [2.45, 2.75) is 101 Å². The van der Waals surface area contributed by atoms with E-state index in [0.29, 0.717) is 21.7 Å². The topological polar surface area (TPSA) is 0 Å². The molecule has 0 aliphatic carbocycles. The number of allylic oxidation sites excluding steroid dienone is 2. The summed E-state index contributed by atoms with van der Waals surface area (Å²) in [5.74, 6) is 0. The van der Waals surface area contributed by atoms with Gasteiger partial charge >= 0.3 is 0 Å². The summed E-state index contributed by atoms with van der Waals surface area (Å²) in [6, 6.07) is 0. The van der Waals surface area contributed by atoms with Crippen LogP contribution in [-0.2, 0) is 10.8 Å². The molecule has 3 rings (SSSR count). The van der Waals surface area contributed by atoms with Gasteiger partial charge in [-0.05, 0) is 23.2 Å². The molecule has 1 aromatic rings. The van der Waals surface area contributed by atoms with E-state index in [1.165, 1.54) is 6.16 Å². The van der Waals surface area contributed by atoms with Crippen LogP contribution in [0.4, 0.5) is 0 Å². The maximum absolute atomic E-state index is 2.55. The first-order valence-electron chi connectivity index (χ1n) is 10.2. The summed E-state index contributed by atoms with van der Waals surface area (Å²) in [7, 11) is 0.198. The maximum atomic E-state index is 2.55. The third kappa shape index (κ3) is 2.61. The van der Waals surface area contributed by atoms with Gasteiger partial charge in [-0.15, -0.1) is 0 Å². The van der Waals surface area contributed by atoms with Crippen LogP contribution in [0.3, 0.4) is 0 Å². The SMILES string of the molecule is CC[P+]12C(C(C)(C)C)=C(C(C)(C)C)P1p1c(C(C)(C)C)c(C(C)(C)C)p12. The Bertz CT molecular complexity index is 775. The predicted octanol–water partition coefficient (Wildman–Crippen LogP) is 10.5. The first-order chi connectivity index (χ1) is 11.4. The van der Waals surface area contributed by atoms with Crippen LogP contribution in [0, 0.1) is 10.8 Å². The van der Waals surface area contributed by atoms with Crippen molar-refractivity contribution in [1.82, 2.24) is 0 Å². The van der Waals surface area contributed by atoms with Gasteiger partial charge in [0, 0.05) is 28.2 Å². The van der Waals surface area contributed by atoms with Crippen molar-refractivity contribution in [2.75, 3.05) is 6.16 Å². The second kappa shape index (κ2) is 5.76. The normalized spacial score (nSPS) is 27.8. The molecular formula is C22H41P4+. The molecule has 2 aliphatic rings. The van der Waals surface area contributed by atoms with Crippen molar-refractivity contribution in [3.8, 4) is 0 Å². The summed E-state index contributed by atoms with van der Waals surface area (Å²) < 4.78 is 0. The molecule has 0 amide bonds. The molecule has 4 atom stereocenters. The van der Waals surface area contributed by atoms with Crippen LogP contribution in [0.15, 0.2) is 10.6 Å². The Morgan fingerprint density at radius 3 is 1.42 bits per heavy atom. The molecule has 0 saturated carbocycles. The minimum absolute atomic E-state index is 0.198. The zero-order chi connectivity index (χ0) is 20.2. The van der Waals surface area contributed by atoms with Crippen molar-refractivity contribution >= 4 is 27.7 Å². The first-order valence-corrected chi connectivity index (χ1v) is 19.0. The monoisotopic (exact) mass is 429 g/mol. The van der Waals surface area contributed by atoms with Crippen LogP contribution >= 0.6 is 27.7 Å². The van der Waals surface area contributed by atoms with Gasteiger partial charge in [0.05, 0.1) is 18.4 Å². The van der Waals surface area contributed by atoms with Gasteiger partial charge in [0.2, 0.25) is 0 Å². The average Bonchev–Trinajstić information content (AvgIpc) is 2.30. The van der Waals surface area contributed by atoms with Crippen LogP contribution in [-0.4, -0.2) is 6.16 Å². The second-order valence-corrected chi connectivity index (χ2v) is 33.0. The molecule has 3 heterocycles. The van der Waals surface area contributed by atoms with E-state index in [-0.39, 0.29) is 21.1 Å². The lowest BCUT2D eigenvalue weighted by Crippen LogP contribution is -2.33. The van der Waals surface area contributed by atoms with Gasteiger partial charge in [-0.3, -0.25) is 0 Å². The van der Waals surface area contributed by atoms with Crippen LogP contribution in [0.2, 0.25) is 0 Å². The number of hydrogen-bond donors (Lipinski definition) is 0. The molecule has 0 spiro atoms. The highest BCUT2D eigenvalue weighted by atomic mass is 32.9. The number of hydrogen-bond acceptors (Lipinski definition) is 0. The molecule has 148 valence electrons. The largest absolute Gasteiger partial charge is 0.155 e. The molecule has 0 nitrogen and oxygen atoms in total. The van der Waals surface area contributed by atoms with Crippen molar-refractivity contribution in [1.29, 1.82) is 0 Å². The Morgan fingerprint density at radius 2 is 1.12 bits per heavy atom. The minimum Gasteiger partial charge on any atom is -0.0557 e. The van der Waals surface area contributed by atoms with Crippen molar-refractivity contribution < 1.29 is 0 Å². The fourth-order valence-electron chi connectivity index (χ4n) is 4.96. The van der Waals surface area contributed by atoms with E-state index in [9.17, 15) is 0 Å². The van der Waals surface area contributed by atoms with Crippen LogP contribution in [0.1, 0.15) is 101 Å². The van der Waals surface area contributed by atoms with Gasteiger partial charge in [0.15, 0.2) is 7.30 Å². The Labute approximate surface area is 166 Å². The Morgan fingerprint density at radius 1 is 0.654 bits per heavy atom. The average molecular weight is 429 g/mol. The van der Waals surface area contributed by atoms with Crippen molar-refractivity contribution in [3.63, 3.8) is 0 Å². The van der Waals surface area contributed by atoms with Gasteiger partial charge in [-0.1, -0.05) is 83.1 Å². The summed E-state index contributed by atoms with van der Waals surface area (Å²) in [4.78, 5) is 0. The summed E-state index contributed by atoms with van der Waals surface area (Å²) in [6.07, 6.45) is 1.49. The maximum Gasteiger partial charge on any atom is 0.155 e. The summed E-state index contributed by atoms with van der Waals surface area (Å²) >= 11 is 0. The fraction of sp³-hybridized carbons (Fsp3) is 0.818. The zero-order valence-electron chi connectivity index (χ0n) is 19.5. The highest BCUT2D eigenvalue weighted by Crippen LogP contribution is 3.31. The molecule has 0 saturated heterocycles.